The van der Waals surface area contributed by atoms with Gasteiger partial charge in [0.1, 0.15) is 0 Å². The standard InChI is InChI=1S/C13H29NO/c1-4-7-11(8-5-2)13(15)12(10-14)9-6-3/h11-13,15H,4-10,14H2,1-3H3. The molecule has 0 saturated heterocycles. The zero-order chi connectivity index (χ0) is 11.7. The van der Waals surface area contributed by atoms with Crippen LogP contribution < -0.4 is 5.73 Å². The molecule has 3 N–H and O–H groups in total. The summed E-state index contributed by atoms with van der Waals surface area (Å²) in [5.74, 6) is 0.762. The molecule has 0 heterocycles. The Kier molecular flexibility index (Phi) is 9.12. The Hall–Kier alpha value is -0.0800. The van der Waals surface area contributed by atoms with Crippen LogP contribution in [0.25, 0.3) is 0 Å². The van der Waals surface area contributed by atoms with E-state index in [-0.39, 0.29) is 6.10 Å². The highest BCUT2D eigenvalue weighted by molar-refractivity contribution is 4.76. The van der Waals surface area contributed by atoms with Gasteiger partial charge in [0.15, 0.2) is 0 Å². The summed E-state index contributed by atoms with van der Waals surface area (Å²) in [4.78, 5) is 0. The van der Waals surface area contributed by atoms with Gasteiger partial charge in [0.05, 0.1) is 6.10 Å². The highest BCUT2D eigenvalue weighted by Crippen LogP contribution is 2.25. The van der Waals surface area contributed by atoms with Gasteiger partial charge in [-0.25, -0.2) is 0 Å². The van der Waals surface area contributed by atoms with E-state index >= 15 is 0 Å². The minimum Gasteiger partial charge on any atom is -0.393 e. The molecule has 92 valence electrons. The summed E-state index contributed by atoms with van der Waals surface area (Å²) < 4.78 is 0. The van der Waals surface area contributed by atoms with E-state index in [9.17, 15) is 5.11 Å². The molecule has 0 aliphatic heterocycles. The first-order chi connectivity index (χ1) is 7.21. The normalized spacial score (nSPS) is 15.6. The van der Waals surface area contributed by atoms with Gasteiger partial charge >= 0.3 is 0 Å². The SMILES string of the molecule is CCCC(CN)C(O)C(CCC)CCC. The molecule has 0 aromatic rings. The molecule has 15 heavy (non-hydrogen) atoms. The molecule has 0 aromatic carbocycles. The van der Waals surface area contributed by atoms with Crippen LogP contribution in [0.1, 0.15) is 59.3 Å². The molecule has 0 aromatic heterocycles. The quantitative estimate of drug-likeness (QED) is 0.621. The van der Waals surface area contributed by atoms with E-state index in [1.54, 1.807) is 0 Å². The van der Waals surface area contributed by atoms with Gasteiger partial charge in [0.25, 0.3) is 0 Å². The molecule has 0 aliphatic rings. The van der Waals surface area contributed by atoms with Gasteiger partial charge < -0.3 is 10.8 Å². The van der Waals surface area contributed by atoms with Crippen LogP contribution in [0.2, 0.25) is 0 Å². The van der Waals surface area contributed by atoms with Crippen LogP contribution in [-0.2, 0) is 0 Å². The van der Waals surface area contributed by atoms with Crippen molar-refractivity contribution in [1.29, 1.82) is 0 Å². The summed E-state index contributed by atoms with van der Waals surface area (Å²) in [5, 5.41) is 10.3. The van der Waals surface area contributed by atoms with Gasteiger partial charge in [-0.1, -0.05) is 40.0 Å². The van der Waals surface area contributed by atoms with Gasteiger partial charge in [-0.15, -0.1) is 0 Å². The summed E-state index contributed by atoms with van der Waals surface area (Å²) in [6.45, 7) is 7.16. The molecule has 0 bridgehead atoms. The Labute approximate surface area is 95.3 Å². The Morgan fingerprint density at radius 3 is 1.60 bits per heavy atom. The molecule has 0 saturated carbocycles. The lowest BCUT2D eigenvalue weighted by atomic mass is 9.83. The summed E-state index contributed by atoms with van der Waals surface area (Å²) in [7, 11) is 0. The van der Waals surface area contributed by atoms with Crippen molar-refractivity contribution in [1.82, 2.24) is 0 Å². The van der Waals surface area contributed by atoms with Crippen molar-refractivity contribution in [2.24, 2.45) is 17.6 Å². The second-order valence-corrected chi connectivity index (χ2v) is 4.61. The van der Waals surface area contributed by atoms with Crippen LogP contribution in [0.15, 0.2) is 0 Å². The van der Waals surface area contributed by atoms with Crippen molar-refractivity contribution in [3.8, 4) is 0 Å². The first-order valence-corrected chi connectivity index (χ1v) is 6.59. The third kappa shape index (κ3) is 5.53. The van der Waals surface area contributed by atoms with Gasteiger partial charge in [0.2, 0.25) is 0 Å². The van der Waals surface area contributed by atoms with Gasteiger partial charge in [-0.05, 0) is 37.6 Å². The van der Waals surface area contributed by atoms with Crippen molar-refractivity contribution in [3.63, 3.8) is 0 Å². The lowest BCUT2D eigenvalue weighted by Gasteiger charge is -2.28. The van der Waals surface area contributed by atoms with E-state index in [1.807, 2.05) is 0 Å². The van der Waals surface area contributed by atoms with E-state index in [4.69, 9.17) is 5.73 Å². The Morgan fingerprint density at radius 2 is 1.27 bits per heavy atom. The van der Waals surface area contributed by atoms with Crippen molar-refractivity contribution in [2.75, 3.05) is 6.54 Å². The Bertz CT molecular complexity index is 132. The maximum atomic E-state index is 10.3. The second-order valence-electron chi connectivity index (χ2n) is 4.61. The smallest absolute Gasteiger partial charge is 0.0608 e. The van der Waals surface area contributed by atoms with Crippen LogP contribution >= 0.6 is 0 Å². The topological polar surface area (TPSA) is 46.2 Å². The Balaban J connectivity index is 4.22. The largest absolute Gasteiger partial charge is 0.393 e. The fraction of sp³-hybridized carbons (Fsp3) is 1.00. The Morgan fingerprint density at radius 1 is 0.867 bits per heavy atom. The lowest BCUT2D eigenvalue weighted by molar-refractivity contribution is 0.0408. The number of hydrogen-bond acceptors (Lipinski definition) is 2. The van der Waals surface area contributed by atoms with Crippen molar-refractivity contribution < 1.29 is 5.11 Å². The maximum Gasteiger partial charge on any atom is 0.0608 e. The molecule has 2 atom stereocenters. The summed E-state index contributed by atoms with van der Waals surface area (Å²) in [5.41, 5.74) is 5.73. The molecule has 2 unspecified atom stereocenters. The molecule has 0 amide bonds. The average Bonchev–Trinajstić information content (AvgIpc) is 2.24. The molecular formula is C13H29NO. The van der Waals surface area contributed by atoms with Crippen LogP contribution in [0.3, 0.4) is 0 Å². The number of rotatable bonds is 9. The fourth-order valence-electron chi connectivity index (χ4n) is 2.41. The van der Waals surface area contributed by atoms with Crippen LogP contribution in [0.5, 0.6) is 0 Å². The number of hydrogen-bond donors (Lipinski definition) is 2. The predicted octanol–water partition coefficient (Wildman–Crippen LogP) is 2.94. The molecule has 0 radical (unpaired) electrons. The van der Waals surface area contributed by atoms with E-state index < -0.39 is 0 Å². The third-order valence-corrected chi connectivity index (χ3v) is 3.25. The number of aliphatic hydroxyl groups excluding tert-OH is 1. The summed E-state index contributed by atoms with van der Waals surface area (Å²) in [6, 6.07) is 0. The maximum absolute atomic E-state index is 10.3. The van der Waals surface area contributed by atoms with Crippen LogP contribution in [-0.4, -0.2) is 17.8 Å². The summed E-state index contributed by atoms with van der Waals surface area (Å²) in [6.07, 6.45) is 6.57. The molecule has 0 fully saturated rings. The van der Waals surface area contributed by atoms with Crippen LogP contribution in [0, 0.1) is 11.8 Å². The van der Waals surface area contributed by atoms with Crippen molar-refractivity contribution >= 4 is 0 Å². The van der Waals surface area contributed by atoms with Gasteiger partial charge in [-0.2, -0.15) is 0 Å². The third-order valence-electron chi connectivity index (χ3n) is 3.25. The zero-order valence-corrected chi connectivity index (χ0v) is 10.7. The number of nitrogens with two attached hydrogens (primary N) is 1. The van der Waals surface area contributed by atoms with Crippen molar-refractivity contribution in [2.45, 2.75) is 65.4 Å². The second kappa shape index (κ2) is 9.17. The van der Waals surface area contributed by atoms with E-state index in [1.165, 1.54) is 0 Å². The number of aliphatic hydroxyl groups is 1. The zero-order valence-electron chi connectivity index (χ0n) is 10.7. The minimum atomic E-state index is -0.185. The monoisotopic (exact) mass is 215 g/mol. The molecule has 0 rings (SSSR count). The first kappa shape index (κ1) is 14.9. The lowest BCUT2D eigenvalue weighted by Crippen LogP contribution is -2.34. The van der Waals surface area contributed by atoms with Gasteiger partial charge in [0, 0.05) is 0 Å². The minimum absolute atomic E-state index is 0.185. The van der Waals surface area contributed by atoms with E-state index in [0.717, 1.165) is 38.5 Å². The first-order valence-electron chi connectivity index (χ1n) is 6.59. The highest BCUT2D eigenvalue weighted by Gasteiger charge is 2.24. The van der Waals surface area contributed by atoms with Crippen LogP contribution in [0.4, 0.5) is 0 Å². The molecule has 2 nitrogen and oxygen atoms in total. The van der Waals surface area contributed by atoms with E-state index in [2.05, 4.69) is 20.8 Å². The van der Waals surface area contributed by atoms with Gasteiger partial charge in [-0.3, -0.25) is 0 Å². The summed E-state index contributed by atoms with van der Waals surface area (Å²) >= 11 is 0. The molecule has 0 aliphatic carbocycles. The molecule has 0 spiro atoms. The average molecular weight is 215 g/mol. The predicted molar refractivity (Wildman–Crippen MR) is 66.8 cm³/mol. The molecule has 2 heteroatoms. The molecular weight excluding hydrogens is 186 g/mol. The van der Waals surface area contributed by atoms with Crippen molar-refractivity contribution in [3.05, 3.63) is 0 Å². The van der Waals surface area contributed by atoms with E-state index in [0.29, 0.717) is 18.4 Å². The fourth-order valence-corrected chi connectivity index (χ4v) is 2.41. The highest BCUT2D eigenvalue weighted by atomic mass is 16.3.